The maximum atomic E-state index is 13.0. The van der Waals surface area contributed by atoms with Crippen LogP contribution >= 0.6 is 22.7 Å². The number of nitriles is 2. The summed E-state index contributed by atoms with van der Waals surface area (Å²) in [7, 11) is 1.55. The Labute approximate surface area is 284 Å². The summed E-state index contributed by atoms with van der Waals surface area (Å²) in [5.41, 5.74) is 1.33. The molecule has 0 amide bonds. The predicted octanol–water partition coefficient (Wildman–Crippen LogP) is 8.30. The summed E-state index contributed by atoms with van der Waals surface area (Å²) in [6.07, 6.45) is 0.0700. The van der Waals surface area contributed by atoms with Gasteiger partial charge in [-0.2, -0.15) is 28.7 Å². The molecule has 49 heavy (non-hydrogen) atoms. The molecular formula is C34H21F3N8O2S2. The molecule has 0 saturated heterocycles. The molecule has 10 nitrogen and oxygen atoms in total. The van der Waals surface area contributed by atoms with Crippen molar-refractivity contribution in [1.29, 1.82) is 10.5 Å². The molecule has 0 radical (unpaired) electrons. The van der Waals surface area contributed by atoms with E-state index in [1.54, 1.807) is 49.7 Å². The molecule has 0 aliphatic rings. The number of aromatic nitrogens is 6. The third kappa shape index (κ3) is 7.59. The van der Waals surface area contributed by atoms with Crippen molar-refractivity contribution in [2.45, 2.75) is 18.0 Å². The number of rotatable bonds is 7. The van der Waals surface area contributed by atoms with Crippen LogP contribution in [-0.2, 0) is 6.18 Å². The van der Waals surface area contributed by atoms with Crippen molar-refractivity contribution in [3.63, 3.8) is 0 Å². The Morgan fingerprint density at radius 1 is 0.714 bits per heavy atom. The quantitative estimate of drug-likeness (QED) is 0.160. The Kier molecular flexibility index (Phi) is 9.66. The molecule has 7 rings (SSSR count). The van der Waals surface area contributed by atoms with Crippen molar-refractivity contribution in [2.24, 2.45) is 0 Å². The topological polar surface area (TPSA) is 143 Å². The number of alkyl halides is 3. The molecule has 4 aromatic heterocycles. The van der Waals surface area contributed by atoms with Gasteiger partial charge in [0.1, 0.15) is 39.7 Å². The van der Waals surface area contributed by atoms with E-state index in [1.807, 2.05) is 24.3 Å². The lowest BCUT2D eigenvalue weighted by Gasteiger charge is -2.08. The fraction of sp³-hybridized carbons (Fsp3) is 0.118. The Morgan fingerprint density at radius 2 is 1.37 bits per heavy atom. The molecule has 0 saturated carbocycles. The zero-order valence-electron chi connectivity index (χ0n) is 25.2. The van der Waals surface area contributed by atoms with E-state index in [0.717, 1.165) is 38.7 Å². The second kappa shape index (κ2) is 14.4. The highest BCUT2D eigenvalue weighted by Crippen LogP contribution is 2.36. The van der Waals surface area contributed by atoms with Crippen molar-refractivity contribution in [3.8, 4) is 29.6 Å². The molecule has 3 aromatic carbocycles. The van der Waals surface area contributed by atoms with E-state index in [4.69, 9.17) is 9.47 Å². The largest absolute Gasteiger partial charge is 0.497 e. The number of fused-ring (bicyclic) bond motifs is 2. The van der Waals surface area contributed by atoms with Crippen LogP contribution < -0.4 is 9.47 Å². The Morgan fingerprint density at radius 3 is 2.02 bits per heavy atom. The molecule has 2 atom stereocenters. The molecule has 0 spiro atoms. The minimum absolute atomic E-state index is 0.0309. The summed E-state index contributed by atoms with van der Waals surface area (Å²) in [4.78, 5) is 25.1. The number of ether oxygens (including phenoxy) is 2. The van der Waals surface area contributed by atoms with Crippen LogP contribution in [0.4, 0.5) is 13.2 Å². The summed E-state index contributed by atoms with van der Waals surface area (Å²) in [6, 6.07) is 25.7. The van der Waals surface area contributed by atoms with Crippen molar-refractivity contribution >= 4 is 43.1 Å². The summed E-state index contributed by atoms with van der Waals surface area (Å²) in [6.45, 7) is 0. The van der Waals surface area contributed by atoms with Crippen LogP contribution in [0.15, 0.2) is 97.6 Å². The number of hydrogen-bond acceptors (Lipinski definition) is 12. The van der Waals surface area contributed by atoms with E-state index in [-0.39, 0.29) is 11.5 Å². The van der Waals surface area contributed by atoms with Crippen LogP contribution in [0, 0.1) is 22.7 Å². The summed E-state index contributed by atoms with van der Waals surface area (Å²) in [5, 5.41) is 20.1. The zero-order chi connectivity index (χ0) is 34.4. The Hall–Kier alpha value is -6.03. The predicted molar refractivity (Wildman–Crippen MR) is 176 cm³/mol. The SMILES string of the molecule is COc1ccc(Oc2nccc(C(C#N)c3nc4cc(C(F)(F)F)ccc4s3)n2)cc1.N#CC(c1ccncn1)c1nc2ccccc2s1. The minimum atomic E-state index is -4.47. The smallest absolute Gasteiger partial charge is 0.416 e. The normalized spacial score (nSPS) is 12.3. The van der Waals surface area contributed by atoms with E-state index in [9.17, 15) is 23.7 Å². The number of hydrogen-bond donors (Lipinski definition) is 0. The minimum Gasteiger partial charge on any atom is -0.497 e. The molecule has 0 bridgehead atoms. The van der Waals surface area contributed by atoms with Crippen LogP contribution in [0.3, 0.4) is 0 Å². The number of benzene rings is 3. The first-order chi connectivity index (χ1) is 23.7. The van der Waals surface area contributed by atoms with Crippen LogP contribution in [0.5, 0.6) is 17.5 Å². The van der Waals surface area contributed by atoms with Gasteiger partial charge in [-0.15, -0.1) is 22.7 Å². The van der Waals surface area contributed by atoms with Gasteiger partial charge in [-0.1, -0.05) is 12.1 Å². The number of thiazole rings is 2. The highest BCUT2D eigenvalue weighted by Gasteiger charge is 2.31. The number of halogens is 3. The number of nitrogens with zero attached hydrogens (tertiary/aromatic N) is 8. The molecule has 0 aliphatic carbocycles. The van der Waals surface area contributed by atoms with Crippen LogP contribution in [0.25, 0.3) is 20.4 Å². The lowest BCUT2D eigenvalue weighted by atomic mass is 10.1. The van der Waals surface area contributed by atoms with Gasteiger partial charge in [0.2, 0.25) is 0 Å². The number of para-hydroxylation sites is 1. The lowest BCUT2D eigenvalue weighted by Crippen LogP contribution is -2.04. The van der Waals surface area contributed by atoms with Gasteiger partial charge < -0.3 is 9.47 Å². The highest BCUT2D eigenvalue weighted by molar-refractivity contribution is 7.19. The molecule has 0 aliphatic heterocycles. The Bertz CT molecular complexity index is 2270. The molecule has 242 valence electrons. The maximum absolute atomic E-state index is 13.0. The molecule has 2 unspecified atom stereocenters. The van der Waals surface area contributed by atoms with Gasteiger partial charge in [0, 0.05) is 12.4 Å². The van der Waals surface area contributed by atoms with Crippen LogP contribution in [0.1, 0.15) is 38.8 Å². The standard InChI is InChI=1S/C21H13F3N4O2S.C13H8N4S/c1-29-13-3-5-14(6-4-13)30-20-26-9-8-16(28-20)15(11-25)19-27-17-10-12(21(22,23)24)2-7-18(17)31-19;14-7-9(10-5-6-15-8-16-10)13-17-11-3-1-2-4-12(11)18-13/h2-10,15H,1H3;1-6,8-9H. The lowest BCUT2D eigenvalue weighted by molar-refractivity contribution is -0.137. The summed E-state index contributed by atoms with van der Waals surface area (Å²) >= 11 is 2.67. The van der Waals surface area contributed by atoms with Gasteiger partial charge in [-0.05, 0) is 66.7 Å². The average Bonchev–Trinajstić information content (AvgIpc) is 3.74. The van der Waals surface area contributed by atoms with E-state index >= 15 is 0 Å². The van der Waals surface area contributed by atoms with E-state index in [2.05, 4.69) is 42.0 Å². The van der Waals surface area contributed by atoms with E-state index in [1.165, 1.54) is 29.9 Å². The second-order valence-corrected chi connectivity index (χ2v) is 12.2. The first kappa shape index (κ1) is 32.9. The molecular weight excluding hydrogens is 674 g/mol. The molecule has 0 fully saturated rings. The van der Waals surface area contributed by atoms with Gasteiger partial charge in [0.25, 0.3) is 0 Å². The van der Waals surface area contributed by atoms with Gasteiger partial charge in [0.05, 0.1) is 56.6 Å². The highest BCUT2D eigenvalue weighted by atomic mass is 32.1. The fourth-order valence-corrected chi connectivity index (χ4v) is 6.57. The van der Waals surface area contributed by atoms with Crippen molar-refractivity contribution in [3.05, 3.63) is 125 Å². The van der Waals surface area contributed by atoms with E-state index in [0.29, 0.717) is 32.6 Å². The monoisotopic (exact) mass is 694 g/mol. The van der Waals surface area contributed by atoms with Gasteiger partial charge in [-0.25, -0.2) is 24.9 Å². The summed E-state index contributed by atoms with van der Waals surface area (Å²) in [5.74, 6) is -0.166. The second-order valence-electron chi connectivity index (χ2n) is 10.1. The molecule has 15 heteroatoms. The molecule has 4 heterocycles. The Balaban J connectivity index is 0.000000195. The van der Waals surface area contributed by atoms with Crippen molar-refractivity contribution in [2.75, 3.05) is 7.11 Å². The van der Waals surface area contributed by atoms with Crippen molar-refractivity contribution in [1.82, 2.24) is 29.9 Å². The first-order valence-corrected chi connectivity index (χ1v) is 15.9. The van der Waals surface area contributed by atoms with Crippen molar-refractivity contribution < 1.29 is 22.6 Å². The zero-order valence-corrected chi connectivity index (χ0v) is 26.9. The van der Waals surface area contributed by atoms with Crippen LogP contribution in [0.2, 0.25) is 0 Å². The van der Waals surface area contributed by atoms with E-state index < -0.39 is 23.6 Å². The maximum Gasteiger partial charge on any atom is 0.416 e. The van der Waals surface area contributed by atoms with Gasteiger partial charge in [-0.3, -0.25) is 0 Å². The third-order valence-electron chi connectivity index (χ3n) is 6.91. The summed E-state index contributed by atoms with van der Waals surface area (Å²) < 4.78 is 51.2. The van der Waals surface area contributed by atoms with Gasteiger partial charge >= 0.3 is 12.2 Å². The fourth-order valence-electron chi connectivity index (χ4n) is 4.54. The third-order valence-corrected chi connectivity index (χ3v) is 9.12. The molecule has 0 N–H and O–H groups in total. The number of methoxy groups -OCH3 is 1. The average molecular weight is 695 g/mol. The first-order valence-electron chi connectivity index (χ1n) is 14.3. The molecule has 7 aromatic rings. The van der Waals surface area contributed by atoms with Crippen LogP contribution in [-0.4, -0.2) is 37.0 Å². The van der Waals surface area contributed by atoms with Gasteiger partial charge in [0.15, 0.2) is 0 Å².